The molecule has 4 N–H and O–H groups in total. The number of halogens is 1. The second-order valence-electron chi connectivity index (χ2n) is 5.73. The molecule has 0 saturated carbocycles. The van der Waals surface area contributed by atoms with Gasteiger partial charge >= 0.3 is 0 Å². The summed E-state index contributed by atoms with van der Waals surface area (Å²) in [4.78, 5) is 12.4. The maximum absolute atomic E-state index is 12.2. The molecule has 6 nitrogen and oxygen atoms in total. The van der Waals surface area contributed by atoms with E-state index in [0.717, 1.165) is 5.56 Å². The van der Waals surface area contributed by atoms with Crippen LogP contribution in [0.5, 0.6) is 0 Å². The lowest BCUT2D eigenvalue weighted by Gasteiger charge is -2.19. The van der Waals surface area contributed by atoms with Crippen LogP contribution in [-0.4, -0.2) is 27.4 Å². The normalized spacial score (nSPS) is 13.3. The van der Waals surface area contributed by atoms with E-state index >= 15 is 0 Å². The van der Waals surface area contributed by atoms with Crippen LogP contribution in [0.4, 0.5) is 0 Å². The van der Waals surface area contributed by atoms with Crippen molar-refractivity contribution in [2.24, 2.45) is 11.7 Å². The van der Waals surface area contributed by atoms with E-state index in [1.54, 1.807) is 25.1 Å². The molecule has 0 spiro atoms. The maximum Gasteiger partial charge on any atom is 0.240 e. The van der Waals surface area contributed by atoms with Gasteiger partial charge in [0.1, 0.15) is 0 Å². The van der Waals surface area contributed by atoms with E-state index in [-0.39, 0.29) is 36.3 Å². The maximum atomic E-state index is 12.2. The Balaban J connectivity index is 0.00000338. The van der Waals surface area contributed by atoms with Crippen LogP contribution in [0.15, 0.2) is 65.6 Å². The van der Waals surface area contributed by atoms with Crippen LogP contribution < -0.4 is 15.8 Å². The van der Waals surface area contributed by atoms with Crippen molar-refractivity contribution in [1.29, 1.82) is 0 Å². The van der Waals surface area contributed by atoms with Gasteiger partial charge in [0.25, 0.3) is 0 Å². The highest BCUT2D eigenvalue weighted by Crippen LogP contribution is 2.18. The summed E-state index contributed by atoms with van der Waals surface area (Å²) in [6, 6.07) is 17.1. The zero-order valence-electron chi connectivity index (χ0n) is 14.5. The van der Waals surface area contributed by atoms with Gasteiger partial charge in [-0.25, -0.2) is 13.1 Å². The summed E-state index contributed by atoms with van der Waals surface area (Å²) >= 11 is 0. The van der Waals surface area contributed by atoms with Gasteiger partial charge in [0.15, 0.2) is 0 Å². The highest BCUT2D eigenvalue weighted by Gasteiger charge is 2.21. The number of hydrogen-bond donors (Lipinski definition) is 3. The lowest BCUT2D eigenvalue weighted by molar-refractivity contribution is -0.125. The molecular weight excluding hydrogens is 374 g/mol. The monoisotopic (exact) mass is 397 g/mol. The highest BCUT2D eigenvalue weighted by molar-refractivity contribution is 7.89. The molecule has 0 aliphatic rings. The molecule has 0 aliphatic carbocycles. The second kappa shape index (κ2) is 10.3. The molecule has 2 aromatic rings. The molecule has 2 atom stereocenters. The van der Waals surface area contributed by atoms with Crippen molar-refractivity contribution in [2.75, 3.05) is 13.1 Å². The lowest BCUT2D eigenvalue weighted by atomic mass is 9.95. The highest BCUT2D eigenvalue weighted by atomic mass is 35.5. The van der Waals surface area contributed by atoms with E-state index in [2.05, 4.69) is 10.0 Å². The number of rotatable bonds is 8. The Morgan fingerprint density at radius 1 is 1.00 bits per heavy atom. The van der Waals surface area contributed by atoms with Crippen LogP contribution in [0.25, 0.3) is 0 Å². The molecule has 2 unspecified atom stereocenters. The molecule has 2 aromatic carbocycles. The van der Waals surface area contributed by atoms with Crippen molar-refractivity contribution in [3.05, 3.63) is 66.2 Å². The number of nitrogens with one attached hydrogen (secondary N) is 2. The number of nitrogens with two attached hydrogens (primary N) is 1. The van der Waals surface area contributed by atoms with Gasteiger partial charge in [0.05, 0.1) is 10.8 Å². The fourth-order valence-corrected chi connectivity index (χ4v) is 3.39. The first kappa shape index (κ1) is 22.1. The minimum atomic E-state index is -3.56. The Labute approximate surface area is 160 Å². The number of amides is 1. The van der Waals surface area contributed by atoms with E-state index in [9.17, 15) is 13.2 Å². The van der Waals surface area contributed by atoms with Crippen molar-refractivity contribution in [3.63, 3.8) is 0 Å². The molecule has 8 heteroatoms. The van der Waals surface area contributed by atoms with Crippen molar-refractivity contribution in [2.45, 2.75) is 17.9 Å². The van der Waals surface area contributed by atoms with Gasteiger partial charge in [0, 0.05) is 19.1 Å². The van der Waals surface area contributed by atoms with Gasteiger partial charge in [-0.15, -0.1) is 12.4 Å². The summed E-state index contributed by atoms with van der Waals surface area (Å²) in [5.74, 6) is -0.636. The van der Waals surface area contributed by atoms with Crippen molar-refractivity contribution in [3.8, 4) is 0 Å². The van der Waals surface area contributed by atoms with Crippen LogP contribution in [0, 0.1) is 5.92 Å². The molecule has 26 heavy (non-hydrogen) atoms. The third-order valence-electron chi connectivity index (χ3n) is 3.91. The summed E-state index contributed by atoms with van der Waals surface area (Å²) in [6.07, 6.45) is 0. The number of sulfonamides is 1. The Hall–Kier alpha value is -1.93. The van der Waals surface area contributed by atoms with Crippen molar-refractivity contribution >= 4 is 28.3 Å². The average molecular weight is 398 g/mol. The molecule has 0 heterocycles. The van der Waals surface area contributed by atoms with Crippen LogP contribution in [0.1, 0.15) is 18.5 Å². The number of benzene rings is 2. The van der Waals surface area contributed by atoms with Crippen LogP contribution >= 0.6 is 12.4 Å². The average Bonchev–Trinajstić information content (AvgIpc) is 2.65. The first-order valence-electron chi connectivity index (χ1n) is 8.05. The molecule has 1 amide bonds. The predicted molar refractivity (Wildman–Crippen MR) is 104 cm³/mol. The molecular formula is C18H24ClN3O3S. The topological polar surface area (TPSA) is 101 Å². The molecule has 142 valence electrons. The standard InChI is InChI=1S/C18H23N3O3S.ClH/c1-14(17(19)15-8-4-2-5-9-15)18(22)20-12-13-21-25(23,24)16-10-6-3-7-11-16;/h2-11,14,17,21H,12-13,19H2,1H3,(H,20,22);1H. The van der Waals surface area contributed by atoms with Crippen LogP contribution in [-0.2, 0) is 14.8 Å². The van der Waals surface area contributed by atoms with Crippen molar-refractivity contribution in [1.82, 2.24) is 10.0 Å². The molecule has 0 radical (unpaired) electrons. The zero-order valence-corrected chi connectivity index (χ0v) is 16.1. The predicted octanol–water partition coefficient (Wildman–Crippen LogP) is 1.84. The number of carbonyl (C=O) groups is 1. The lowest BCUT2D eigenvalue weighted by Crippen LogP contribution is -2.39. The van der Waals surface area contributed by atoms with E-state index in [0.29, 0.717) is 0 Å². The van der Waals surface area contributed by atoms with E-state index in [1.165, 1.54) is 12.1 Å². The van der Waals surface area contributed by atoms with Gasteiger partial charge < -0.3 is 11.1 Å². The third-order valence-corrected chi connectivity index (χ3v) is 5.38. The zero-order chi connectivity index (χ0) is 18.3. The minimum absolute atomic E-state index is 0. The molecule has 0 bridgehead atoms. The fourth-order valence-electron chi connectivity index (χ4n) is 2.34. The summed E-state index contributed by atoms with van der Waals surface area (Å²) in [5.41, 5.74) is 7.00. The largest absolute Gasteiger partial charge is 0.354 e. The smallest absolute Gasteiger partial charge is 0.240 e. The van der Waals surface area contributed by atoms with Crippen molar-refractivity contribution < 1.29 is 13.2 Å². The van der Waals surface area contributed by atoms with Gasteiger partial charge in [-0.1, -0.05) is 55.5 Å². The summed E-state index contributed by atoms with van der Waals surface area (Å²) < 4.78 is 26.6. The number of carbonyl (C=O) groups excluding carboxylic acids is 1. The van der Waals surface area contributed by atoms with Gasteiger partial charge in [-0.3, -0.25) is 4.79 Å². The second-order valence-corrected chi connectivity index (χ2v) is 7.49. The fraction of sp³-hybridized carbons (Fsp3) is 0.278. The summed E-state index contributed by atoms with van der Waals surface area (Å²) in [6.45, 7) is 2.05. The Bertz CT molecular complexity index is 786. The molecule has 0 saturated heterocycles. The first-order chi connectivity index (χ1) is 11.9. The van der Waals surface area contributed by atoms with Gasteiger partial charge in [-0.2, -0.15) is 0 Å². The quantitative estimate of drug-likeness (QED) is 0.591. The van der Waals surface area contributed by atoms with Gasteiger partial charge in [-0.05, 0) is 17.7 Å². The first-order valence-corrected chi connectivity index (χ1v) is 9.53. The van der Waals surface area contributed by atoms with Crippen LogP contribution in [0.2, 0.25) is 0 Å². The Kier molecular flexibility index (Phi) is 8.74. The van der Waals surface area contributed by atoms with Crippen LogP contribution in [0.3, 0.4) is 0 Å². The number of hydrogen-bond acceptors (Lipinski definition) is 4. The SMILES string of the molecule is CC(C(=O)NCCNS(=O)(=O)c1ccccc1)C(N)c1ccccc1.Cl. The van der Waals surface area contributed by atoms with E-state index in [1.807, 2.05) is 30.3 Å². The molecule has 0 aromatic heterocycles. The molecule has 0 fully saturated rings. The van der Waals surface area contributed by atoms with E-state index in [4.69, 9.17) is 5.73 Å². The Morgan fingerprint density at radius 3 is 2.12 bits per heavy atom. The minimum Gasteiger partial charge on any atom is -0.354 e. The summed E-state index contributed by atoms with van der Waals surface area (Å²) in [5, 5.41) is 2.71. The van der Waals surface area contributed by atoms with E-state index < -0.39 is 22.0 Å². The Morgan fingerprint density at radius 2 is 1.54 bits per heavy atom. The molecule has 2 rings (SSSR count). The summed E-state index contributed by atoms with van der Waals surface area (Å²) in [7, 11) is -3.56. The van der Waals surface area contributed by atoms with Gasteiger partial charge in [0.2, 0.25) is 15.9 Å². The molecule has 0 aliphatic heterocycles. The third kappa shape index (κ3) is 6.10.